The summed E-state index contributed by atoms with van der Waals surface area (Å²) in [7, 11) is 0. The summed E-state index contributed by atoms with van der Waals surface area (Å²) in [4.78, 5) is 0. The summed E-state index contributed by atoms with van der Waals surface area (Å²) in [6.45, 7) is 0. The van der Waals surface area contributed by atoms with Gasteiger partial charge in [-0.25, -0.2) is 0 Å². The highest BCUT2D eigenvalue weighted by Gasteiger charge is 2.13. The highest BCUT2D eigenvalue weighted by Crippen LogP contribution is 2.42. The van der Waals surface area contributed by atoms with E-state index in [9.17, 15) is 0 Å². The topological polar surface area (TPSA) is 0 Å². The Morgan fingerprint density at radius 2 is 0.884 bits per heavy atom. The molecule has 0 saturated heterocycles. The third-order valence-corrected chi connectivity index (χ3v) is 10.1. The molecule has 200 valence electrons. The van der Waals surface area contributed by atoms with Gasteiger partial charge in [0, 0.05) is 20.2 Å². The minimum atomic E-state index is 1.23. The zero-order chi connectivity index (χ0) is 28.3. The first-order valence-corrected chi connectivity index (χ1v) is 15.6. The van der Waals surface area contributed by atoms with Crippen molar-refractivity contribution < 1.29 is 0 Å². The number of fused-ring (bicyclic) bond motifs is 8. The highest BCUT2D eigenvalue weighted by molar-refractivity contribution is 7.26. The van der Waals surface area contributed by atoms with Crippen LogP contribution in [0.15, 0.2) is 158 Å². The van der Waals surface area contributed by atoms with Crippen molar-refractivity contribution in [1.82, 2.24) is 0 Å². The van der Waals surface area contributed by atoms with Crippen LogP contribution in [0.25, 0.3) is 85.9 Å². The summed E-state index contributed by atoms with van der Waals surface area (Å²) < 4.78 is 2.69. The van der Waals surface area contributed by atoms with Gasteiger partial charge in [0.15, 0.2) is 0 Å². The van der Waals surface area contributed by atoms with Crippen LogP contribution in [0.1, 0.15) is 0 Å². The second-order valence-corrected chi connectivity index (χ2v) is 12.3. The van der Waals surface area contributed by atoms with Gasteiger partial charge in [0.05, 0.1) is 0 Å². The van der Waals surface area contributed by atoms with Gasteiger partial charge in [-0.05, 0) is 90.0 Å². The number of benzene rings is 8. The molecule has 0 aliphatic carbocycles. The third kappa shape index (κ3) is 3.90. The lowest BCUT2D eigenvalue weighted by molar-refractivity contribution is 1.60. The molecule has 0 spiro atoms. The first-order chi connectivity index (χ1) is 21.3. The van der Waals surface area contributed by atoms with Crippen LogP contribution in [-0.2, 0) is 0 Å². The average Bonchev–Trinajstić information content (AvgIpc) is 3.47. The van der Waals surface area contributed by atoms with Gasteiger partial charge in [0.1, 0.15) is 0 Å². The van der Waals surface area contributed by atoms with E-state index in [2.05, 4.69) is 158 Å². The van der Waals surface area contributed by atoms with E-state index < -0.39 is 0 Å². The lowest BCUT2D eigenvalue weighted by atomic mass is 9.90. The predicted octanol–water partition coefficient (Wildman–Crippen LogP) is 12.5. The van der Waals surface area contributed by atoms with Crippen LogP contribution in [0, 0.1) is 0 Å². The summed E-state index contributed by atoms with van der Waals surface area (Å²) in [6, 6.07) is 58.0. The lowest BCUT2D eigenvalue weighted by Crippen LogP contribution is -1.87. The average molecular weight is 563 g/mol. The van der Waals surface area contributed by atoms with Crippen LogP contribution in [0.5, 0.6) is 0 Å². The highest BCUT2D eigenvalue weighted by atomic mass is 32.1. The molecule has 0 saturated carbocycles. The molecule has 0 unspecified atom stereocenters. The normalized spacial score (nSPS) is 11.7. The molecule has 0 nitrogen and oxygen atoms in total. The summed E-state index contributed by atoms with van der Waals surface area (Å²) in [5.41, 5.74) is 7.51. The maximum atomic E-state index is 2.40. The first kappa shape index (κ1) is 24.4. The quantitative estimate of drug-likeness (QED) is 0.188. The fourth-order valence-corrected chi connectivity index (χ4v) is 8.05. The lowest BCUT2D eigenvalue weighted by Gasteiger charge is -2.14. The molecule has 0 N–H and O–H groups in total. The van der Waals surface area contributed by atoms with E-state index in [0.717, 1.165) is 0 Å². The van der Waals surface area contributed by atoms with Crippen LogP contribution in [-0.4, -0.2) is 0 Å². The molecule has 9 aromatic rings. The molecule has 0 bridgehead atoms. The number of rotatable bonds is 3. The van der Waals surface area contributed by atoms with Crippen molar-refractivity contribution in [3.63, 3.8) is 0 Å². The predicted molar refractivity (Wildman–Crippen MR) is 188 cm³/mol. The molecular weight excluding hydrogens is 537 g/mol. The van der Waals surface area contributed by atoms with Gasteiger partial charge < -0.3 is 0 Å². The maximum absolute atomic E-state index is 2.40. The minimum absolute atomic E-state index is 1.23. The summed E-state index contributed by atoms with van der Waals surface area (Å²) in [6.07, 6.45) is 0. The van der Waals surface area contributed by atoms with Gasteiger partial charge in [-0.15, -0.1) is 11.3 Å². The second-order valence-electron chi connectivity index (χ2n) is 11.3. The molecule has 0 fully saturated rings. The van der Waals surface area contributed by atoms with Crippen molar-refractivity contribution in [3.05, 3.63) is 158 Å². The fraction of sp³-hybridized carbons (Fsp3) is 0. The smallest absolute Gasteiger partial charge is 0.0433 e. The SMILES string of the molecule is c1cc(-c2cccc(-c3cccc4c3sc3ccccc34)c2)cc(-c2cc3c4ccccc4ccc3c3ccccc23)c1. The van der Waals surface area contributed by atoms with E-state index in [0.29, 0.717) is 0 Å². The van der Waals surface area contributed by atoms with E-state index in [4.69, 9.17) is 0 Å². The Labute approximate surface area is 254 Å². The molecule has 43 heavy (non-hydrogen) atoms. The van der Waals surface area contributed by atoms with Crippen molar-refractivity contribution in [2.45, 2.75) is 0 Å². The van der Waals surface area contributed by atoms with Gasteiger partial charge in [-0.3, -0.25) is 0 Å². The Morgan fingerprint density at radius 1 is 0.302 bits per heavy atom. The molecule has 0 aliphatic heterocycles. The van der Waals surface area contributed by atoms with Crippen LogP contribution in [0.2, 0.25) is 0 Å². The second kappa shape index (κ2) is 9.66. The van der Waals surface area contributed by atoms with Crippen molar-refractivity contribution in [3.8, 4) is 33.4 Å². The van der Waals surface area contributed by atoms with E-state index in [-0.39, 0.29) is 0 Å². The Hall–Kier alpha value is -5.24. The summed E-state index contributed by atoms with van der Waals surface area (Å²) in [5, 5.41) is 10.4. The third-order valence-electron chi connectivity index (χ3n) is 8.85. The minimum Gasteiger partial charge on any atom is -0.135 e. The zero-order valence-electron chi connectivity index (χ0n) is 23.4. The first-order valence-electron chi connectivity index (χ1n) is 14.8. The molecule has 0 radical (unpaired) electrons. The Balaban J connectivity index is 1.21. The maximum Gasteiger partial charge on any atom is 0.0433 e. The molecule has 0 aliphatic rings. The standard InChI is InChI=1S/C42H26S/c1-2-15-32-27(10-1)22-23-36-34-16-3-4-17-35(34)39(26-40(32)36)31-14-8-12-29(25-31)28-11-7-13-30(24-28)33-19-9-20-38-37-18-5-6-21-41(37)43-42(33)38/h1-26H. The molecule has 1 aromatic heterocycles. The Morgan fingerprint density at radius 3 is 1.70 bits per heavy atom. The van der Waals surface area contributed by atoms with Crippen LogP contribution in [0.3, 0.4) is 0 Å². The largest absolute Gasteiger partial charge is 0.135 e. The van der Waals surface area contributed by atoms with Crippen molar-refractivity contribution in [1.29, 1.82) is 0 Å². The van der Waals surface area contributed by atoms with Crippen molar-refractivity contribution >= 4 is 63.8 Å². The van der Waals surface area contributed by atoms with Gasteiger partial charge in [-0.1, -0.05) is 133 Å². The fourth-order valence-electron chi connectivity index (χ4n) is 6.81. The van der Waals surface area contributed by atoms with Gasteiger partial charge in [0.2, 0.25) is 0 Å². The summed E-state index contributed by atoms with van der Waals surface area (Å²) >= 11 is 1.89. The molecule has 0 atom stereocenters. The molecular formula is C42H26S. The summed E-state index contributed by atoms with van der Waals surface area (Å²) in [5.74, 6) is 0. The van der Waals surface area contributed by atoms with E-state index >= 15 is 0 Å². The molecule has 8 aromatic carbocycles. The van der Waals surface area contributed by atoms with Crippen LogP contribution >= 0.6 is 11.3 Å². The van der Waals surface area contributed by atoms with Crippen molar-refractivity contribution in [2.75, 3.05) is 0 Å². The van der Waals surface area contributed by atoms with Gasteiger partial charge in [-0.2, -0.15) is 0 Å². The monoisotopic (exact) mass is 562 g/mol. The molecule has 1 heteroatoms. The number of hydrogen-bond donors (Lipinski definition) is 0. The van der Waals surface area contributed by atoms with Gasteiger partial charge in [0.25, 0.3) is 0 Å². The molecule has 9 rings (SSSR count). The van der Waals surface area contributed by atoms with E-state index in [1.54, 1.807) is 0 Å². The van der Waals surface area contributed by atoms with Gasteiger partial charge >= 0.3 is 0 Å². The number of hydrogen-bond acceptors (Lipinski definition) is 1. The van der Waals surface area contributed by atoms with Crippen LogP contribution < -0.4 is 0 Å². The van der Waals surface area contributed by atoms with Crippen LogP contribution in [0.4, 0.5) is 0 Å². The Bertz CT molecular complexity index is 2510. The number of thiophene rings is 1. The Kier molecular flexibility index (Phi) is 5.47. The zero-order valence-corrected chi connectivity index (χ0v) is 24.2. The van der Waals surface area contributed by atoms with E-state index in [1.807, 2.05) is 11.3 Å². The van der Waals surface area contributed by atoms with Crippen molar-refractivity contribution in [2.24, 2.45) is 0 Å². The molecule has 0 amide bonds. The van der Waals surface area contributed by atoms with E-state index in [1.165, 1.54) is 85.9 Å². The molecule has 1 heterocycles.